The van der Waals surface area contributed by atoms with Crippen LogP contribution in [0, 0.1) is 11.3 Å². The van der Waals surface area contributed by atoms with Crippen molar-refractivity contribution in [2.24, 2.45) is 11.3 Å². The molecule has 0 aliphatic rings. The van der Waals surface area contributed by atoms with E-state index in [2.05, 4.69) is 0 Å². The van der Waals surface area contributed by atoms with Crippen molar-refractivity contribution in [3.8, 4) is 0 Å². The molecule has 0 aliphatic heterocycles. The molecule has 0 fully saturated rings. The average Bonchev–Trinajstić information content (AvgIpc) is 2.09. The van der Waals surface area contributed by atoms with Crippen LogP contribution in [0.4, 0.5) is 13.2 Å². The summed E-state index contributed by atoms with van der Waals surface area (Å²) in [5.74, 6) is -0.0639. The van der Waals surface area contributed by atoms with Crippen molar-refractivity contribution < 1.29 is 22.7 Å². The van der Waals surface area contributed by atoms with Crippen LogP contribution in [0.1, 0.15) is 47.5 Å². The third-order valence-corrected chi connectivity index (χ3v) is 2.37. The molecule has 0 saturated carbocycles. The highest BCUT2D eigenvalue weighted by atomic mass is 19.4. The first-order valence-corrected chi connectivity index (χ1v) is 6.13. The predicted molar refractivity (Wildman–Crippen MR) is 64.3 cm³/mol. The van der Waals surface area contributed by atoms with Gasteiger partial charge in [-0.25, -0.2) is 0 Å². The van der Waals surface area contributed by atoms with E-state index in [1.54, 1.807) is 20.8 Å². The Hall–Kier alpha value is -0.580. The molecule has 0 aromatic heterocycles. The molecule has 18 heavy (non-hydrogen) atoms. The summed E-state index contributed by atoms with van der Waals surface area (Å²) < 4.78 is 42.4. The van der Waals surface area contributed by atoms with Crippen molar-refractivity contribution >= 4 is 5.78 Å². The lowest BCUT2D eigenvalue weighted by molar-refractivity contribution is -0.165. The molecule has 0 bridgehead atoms. The summed E-state index contributed by atoms with van der Waals surface area (Å²) in [5.41, 5.74) is -0.634. The minimum absolute atomic E-state index is 0.144. The smallest absolute Gasteiger partial charge is 0.377 e. The highest BCUT2D eigenvalue weighted by Crippen LogP contribution is 2.27. The SMILES string of the molecule is CC(C)COC(CC(=O)C(C)(C)C)CC(F)(F)F. The lowest BCUT2D eigenvalue weighted by Crippen LogP contribution is -2.31. The first-order valence-electron chi connectivity index (χ1n) is 6.13. The van der Waals surface area contributed by atoms with Crippen LogP contribution in [0.5, 0.6) is 0 Å². The first kappa shape index (κ1) is 17.4. The van der Waals surface area contributed by atoms with Crippen LogP contribution in [-0.4, -0.2) is 24.7 Å². The van der Waals surface area contributed by atoms with Crippen molar-refractivity contribution in [2.75, 3.05) is 6.61 Å². The van der Waals surface area contributed by atoms with Crippen molar-refractivity contribution in [1.82, 2.24) is 0 Å². The fourth-order valence-corrected chi connectivity index (χ4v) is 1.29. The third-order valence-electron chi connectivity index (χ3n) is 2.37. The largest absolute Gasteiger partial charge is 0.391 e. The Bertz CT molecular complexity index is 264. The van der Waals surface area contributed by atoms with Crippen molar-refractivity contribution in [3.05, 3.63) is 0 Å². The van der Waals surface area contributed by atoms with Gasteiger partial charge in [-0.2, -0.15) is 13.2 Å². The number of Topliss-reactive ketones (excluding diaryl/α,β-unsaturated/α-hetero) is 1. The standard InChI is InChI=1S/C13H23F3O2/c1-9(2)8-18-10(7-13(14,15)16)6-11(17)12(3,4)5/h9-10H,6-8H2,1-5H3. The molecule has 1 unspecified atom stereocenters. The van der Waals surface area contributed by atoms with Gasteiger partial charge in [0.25, 0.3) is 0 Å². The Morgan fingerprint density at radius 1 is 1.17 bits per heavy atom. The second-order valence-electron chi connectivity index (χ2n) is 6.05. The van der Waals surface area contributed by atoms with Crippen molar-refractivity contribution in [2.45, 2.75) is 59.7 Å². The van der Waals surface area contributed by atoms with Crippen LogP contribution in [-0.2, 0) is 9.53 Å². The molecule has 0 amide bonds. The number of alkyl halides is 3. The van der Waals surface area contributed by atoms with Gasteiger partial charge in [-0.3, -0.25) is 4.79 Å². The van der Waals surface area contributed by atoms with Crippen LogP contribution >= 0.6 is 0 Å². The van der Waals surface area contributed by atoms with Gasteiger partial charge in [0.15, 0.2) is 0 Å². The molecular formula is C13H23F3O2. The second-order valence-corrected chi connectivity index (χ2v) is 6.05. The Kier molecular flexibility index (Phi) is 6.34. The zero-order valence-electron chi connectivity index (χ0n) is 11.7. The molecule has 0 rings (SSSR count). The van der Waals surface area contributed by atoms with Crippen molar-refractivity contribution in [1.29, 1.82) is 0 Å². The van der Waals surface area contributed by atoms with Crippen molar-refractivity contribution in [3.63, 3.8) is 0 Å². The molecule has 0 aromatic carbocycles. The lowest BCUT2D eigenvalue weighted by atomic mass is 9.87. The lowest BCUT2D eigenvalue weighted by Gasteiger charge is -2.24. The maximum absolute atomic E-state index is 12.4. The number of ether oxygens (including phenoxy) is 1. The number of halogens is 3. The monoisotopic (exact) mass is 268 g/mol. The summed E-state index contributed by atoms with van der Waals surface area (Å²) in [5, 5.41) is 0. The van der Waals surface area contributed by atoms with Gasteiger partial charge in [0, 0.05) is 18.4 Å². The van der Waals surface area contributed by atoms with Gasteiger partial charge in [0.1, 0.15) is 5.78 Å². The summed E-state index contributed by atoms with van der Waals surface area (Å²) in [6, 6.07) is 0. The Labute approximate surface area is 107 Å². The van der Waals surface area contributed by atoms with Gasteiger partial charge in [-0.1, -0.05) is 34.6 Å². The van der Waals surface area contributed by atoms with E-state index in [0.717, 1.165) is 0 Å². The number of carbonyl (C=O) groups excluding carboxylic acids is 1. The van der Waals surface area contributed by atoms with Gasteiger partial charge in [-0.05, 0) is 5.92 Å². The predicted octanol–water partition coefficient (Wildman–Crippen LogP) is 3.99. The molecule has 0 N–H and O–H groups in total. The molecule has 5 heteroatoms. The Morgan fingerprint density at radius 2 is 1.67 bits per heavy atom. The molecular weight excluding hydrogens is 245 g/mol. The Balaban J connectivity index is 4.52. The van der Waals surface area contributed by atoms with Crippen LogP contribution in [0.15, 0.2) is 0 Å². The molecule has 0 radical (unpaired) electrons. The molecule has 0 heterocycles. The second kappa shape index (κ2) is 6.55. The summed E-state index contributed by atoms with van der Waals surface area (Å²) in [6.07, 6.45) is -6.63. The Morgan fingerprint density at radius 3 is 2.00 bits per heavy atom. The first-order chi connectivity index (χ1) is 7.92. The highest BCUT2D eigenvalue weighted by molar-refractivity contribution is 5.84. The summed E-state index contributed by atoms with van der Waals surface area (Å²) in [7, 11) is 0. The van der Waals surface area contributed by atoms with E-state index in [-0.39, 0.29) is 24.7 Å². The van der Waals surface area contributed by atoms with Gasteiger partial charge in [-0.15, -0.1) is 0 Å². The van der Waals surface area contributed by atoms with E-state index in [0.29, 0.717) is 0 Å². The minimum Gasteiger partial charge on any atom is -0.377 e. The van der Waals surface area contributed by atoms with Crippen LogP contribution < -0.4 is 0 Å². The number of carbonyl (C=O) groups is 1. The van der Waals surface area contributed by atoms with E-state index >= 15 is 0 Å². The summed E-state index contributed by atoms with van der Waals surface area (Å²) >= 11 is 0. The van der Waals surface area contributed by atoms with E-state index < -0.39 is 24.1 Å². The maximum atomic E-state index is 12.4. The highest BCUT2D eigenvalue weighted by Gasteiger charge is 2.35. The quantitative estimate of drug-likeness (QED) is 0.728. The fraction of sp³-hybridized carbons (Fsp3) is 0.923. The zero-order valence-corrected chi connectivity index (χ0v) is 11.7. The van der Waals surface area contributed by atoms with Gasteiger partial charge >= 0.3 is 6.18 Å². The topological polar surface area (TPSA) is 26.3 Å². The fourth-order valence-electron chi connectivity index (χ4n) is 1.29. The van der Waals surface area contributed by atoms with Crippen LogP contribution in [0.2, 0.25) is 0 Å². The van der Waals surface area contributed by atoms with Crippen LogP contribution in [0.3, 0.4) is 0 Å². The van der Waals surface area contributed by atoms with Gasteiger partial charge in [0.2, 0.25) is 0 Å². The minimum atomic E-state index is -4.31. The molecule has 2 nitrogen and oxygen atoms in total. The van der Waals surface area contributed by atoms with Gasteiger partial charge < -0.3 is 4.74 Å². The van der Waals surface area contributed by atoms with Crippen LogP contribution in [0.25, 0.3) is 0 Å². The van der Waals surface area contributed by atoms with Gasteiger partial charge in [0.05, 0.1) is 12.5 Å². The van der Waals surface area contributed by atoms with E-state index in [9.17, 15) is 18.0 Å². The molecule has 0 spiro atoms. The molecule has 0 aromatic rings. The summed E-state index contributed by atoms with van der Waals surface area (Å²) in [4.78, 5) is 11.8. The number of ketones is 1. The number of hydrogen-bond acceptors (Lipinski definition) is 2. The summed E-state index contributed by atoms with van der Waals surface area (Å²) in [6.45, 7) is 9.04. The third kappa shape index (κ3) is 8.50. The van der Waals surface area contributed by atoms with E-state index in [1.165, 1.54) is 0 Å². The molecule has 0 saturated heterocycles. The average molecular weight is 268 g/mol. The zero-order chi connectivity index (χ0) is 14.6. The number of rotatable bonds is 6. The number of hydrogen-bond donors (Lipinski definition) is 0. The molecule has 0 aliphatic carbocycles. The maximum Gasteiger partial charge on any atom is 0.391 e. The van der Waals surface area contributed by atoms with E-state index in [1.807, 2.05) is 13.8 Å². The molecule has 108 valence electrons. The van der Waals surface area contributed by atoms with E-state index in [4.69, 9.17) is 4.74 Å². The molecule has 1 atom stereocenters. The normalized spacial score (nSPS) is 14.9.